The summed E-state index contributed by atoms with van der Waals surface area (Å²) in [6, 6.07) is 4.66. The lowest BCUT2D eigenvalue weighted by molar-refractivity contribution is -0.157. The normalized spacial score (nSPS) is 31.8. The Morgan fingerprint density at radius 3 is 2.80 bits per heavy atom. The number of benzene rings is 1. The molecule has 2 saturated carbocycles. The summed E-state index contributed by atoms with van der Waals surface area (Å²) in [5.41, 5.74) is 0.456. The number of fused-ring (bicyclic) bond motifs is 1. The van der Waals surface area contributed by atoms with Gasteiger partial charge in [-0.2, -0.15) is 0 Å². The number of carbonyl (C=O) groups is 3. The van der Waals surface area contributed by atoms with E-state index in [4.69, 9.17) is 32.7 Å². The molecular formula is C17H15Cl2NO5. The zero-order chi connectivity index (χ0) is 17.7. The molecule has 4 rings (SSSR count). The van der Waals surface area contributed by atoms with Gasteiger partial charge in [-0.25, -0.2) is 0 Å². The molecule has 25 heavy (non-hydrogen) atoms. The highest BCUT2D eigenvalue weighted by atomic mass is 35.5. The van der Waals surface area contributed by atoms with Crippen LogP contribution in [0.4, 0.5) is 5.69 Å². The van der Waals surface area contributed by atoms with E-state index in [1.165, 1.54) is 6.07 Å². The van der Waals surface area contributed by atoms with Crippen LogP contribution in [-0.2, 0) is 23.9 Å². The first kappa shape index (κ1) is 16.7. The van der Waals surface area contributed by atoms with Crippen LogP contribution in [0.15, 0.2) is 18.2 Å². The maximum atomic E-state index is 12.4. The lowest BCUT2D eigenvalue weighted by Gasteiger charge is -2.22. The van der Waals surface area contributed by atoms with Crippen molar-refractivity contribution in [2.45, 2.75) is 18.9 Å². The number of hydrogen-bond donors (Lipinski definition) is 1. The summed E-state index contributed by atoms with van der Waals surface area (Å²) in [4.78, 5) is 36.2. The molecule has 1 amide bonds. The van der Waals surface area contributed by atoms with Crippen LogP contribution >= 0.6 is 23.2 Å². The Morgan fingerprint density at radius 2 is 2.04 bits per heavy atom. The van der Waals surface area contributed by atoms with Gasteiger partial charge in [0, 0.05) is 11.6 Å². The van der Waals surface area contributed by atoms with Gasteiger partial charge in [0.25, 0.3) is 5.91 Å². The fourth-order valence-corrected chi connectivity index (χ4v) is 4.63. The molecule has 3 aliphatic rings. The van der Waals surface area contributed by atoms with E-state index in [2.05, 4.69) is 5.32 Å². The lowest BCUT2D eigenvalue weighted by atomic mass is 9.80. The van der Waals surface area contributed by atoms with Crippen LogP contribution in [0.25, 0.3) is 0 Å². The number of halogens is 2. The predicted octanol–water partition coefficient (Wildman–Crippen LogP) is 2.67. The van der Waals surface area contributed by atoms with Crippen molar-refractivity contribution in [1.82, 2.24) is 0 Å². The van der Waals surface area contributed by atoms with Crippen molar-refractivity contribution in [2.24, 2.45) is 23.7 Å². The summed E-state index contributed by atoms with van der Waals surface area (Å²) in [6.07, 6.45) is 1.49. The van der Waals surface area contributed by atoms with Crippen LogP contribution in [-0.4, -0.2) is 30.6 Å². The average molecular weight is 384 g/mol. The standard InChI is InChI=1S/C17H15Cl2NO5/c18-10-2-1-8(5-11(10)19)20-13(21)6-24-16(22)14-7-3-9-12(4-7)25-17(23)15(9)14/h1-2,5,7,9,12,14-15H,3-4,6H2,(H,20,21)/t7-,9-,12+,14+,15-/m0/s1. The molecule has 3 fully saturated rings. The Kier molecular flexibility index (Phi) is 4.12. The van der Waals surface area contributed by atoms with Gasteiger partial charge in [0.15, 0.2) is 6.61 Å². The highest BCUT2D eigenvalue weighted by Crippen LogP contribution is 2.57. The molecule has 2 aliphatic carbocycles. The van der Waals surface area contributed by atoms with Crippen LogP contribution in [0.3, 0.4) is 0 Å². The van der Waals surface area contributed by atoms with E-state index in [-0.39, 0.29) is 23.9 Å². The van der Waals surface area contributed by atoms with Gasteiger partial charge in [0.2, 0.25) is 0 Å². The number of anilines is 1. The van der Waals surface area contributed by atoms with Gasteiger partial charge in [0.1, 0.15) is 6.10 Å². The fourth-order valence-electron chi connectivity index (χ4n) is 4.33. The molecule has 5 atom stereocenters. The molecule has 0 radical (unpaired) electrons. The number of ether oxygens (including phenoxy) is 2. The molecule has 1 aliphatic heterocycles. The highest BCUT2D eigenvalue weighted by molar-refractivity contribution is 6.42. The largest absolute Gasteiger partial charge is 0.462 e. The Labute approximate surface area is 153 Å². The Hall–Kier alpha value is -1.79. The van der Waals surface area contributed by atoms with Crippen LogP contribution in [0, 0.1) is 23.7 Å². The number of hydrogen-bond acceptors (Lipinski definition) is 5. The number of amides is 1. The summed E-state index contributed by atoms with van der Waals surface area (Å²) in [5.74, 6) is -1.96. The molecule has 0 spiro atoms. The maximum absolute atomic E-state index is 12.4. The molecular weight excluding hydrogens is 369 g/mol. The van der Waals surface area contributed by atoms with Gasteiger partial charge < -0.3 is 14.8 Å². The molecule has 1 heterocycles. The van der Waals surface area contributed by atoms with Crippen molar-refractivity contribution in [1.29, 1.82) is 0 Å². The second kappa shape index (κ2) is 6.18. The predicted molar refractivity (Wildman–Crippen MR) is 89.1 cm³/mol. The first-order valence-electron chi connectivity index (χ1n) is 8.06. The Balaban J connectivity index is 1.34. The number of esters is 2. The molecule has 1 N–H and O–H groups in total. The molecule has 0 unspecified atom stereocenters. The molecule has 6 nitrogen and oxygen atoms in total. The molecule has 0 aromatic heterocycles. The van der Waals surface area contributed by atoms with Crippen LogP contribution < -0.4 is 5.32 Å². The number of rotatable bonds is 4. The Bertz CT molecular complexity index is 765. The molecule has 1 saturated heterocycles. The quantitative estimate of drug-likeness (QED) is 0.808. The molecule has 8 heteroatoms. The summed E-state index contributed by atoms with van der Waals surface area (Å²) in [6.45, 7) is -0.418. The second-order valence-corrected chi connectivity index (χ2v) is 7.52. The van der Waals surface area contributed by atoms with Gasteiger partial charge >= 0.3 is 11.9 Å². The smallest absolute Gasteiger partial charge is 0.310 e. The van der Waals surface area contributed by atoms with Crippen molar-refractivity contribution < 1.29 is 23.9 Å². The molecule has 2 bridgehead atoms. The van der Waals surface area contributed by atoms with Gasteiger partial charge in [-0.15, -0.1) is 0 Å². The number of nitrogens with one attached hydrogen (secondary N) is 1. The molecule has 1 aromatic carbocycles. The van der Waals surface area contributed by atoms with E-state index in [0.717, 1.165) is 6.42 Å². The van der Waals surface area contributed by atoms with Crippen molar-refractivity contribution >= 4 is 46.7 Å². The monoisotopic (exact) mass is 383 g/mol. The van der Waals surface area contributed by atoms with Gasteiger partial charge in [-0.3, -0.25) is 14.4 Å². The SMILES string of the molecule is O=C(COC(=O)[C@@H]1[C@H]2C[C@@H]3[C@@H]1C(=O)O[C@@H]3C2)Nc1ccc(Cl)c(Cl)c1. The van der Waals surface area contributed by atoms with Gasteiger partial charge in [-0.1, -0.05) is 23.2 Å². The van der Waals surface area contributed by atoms with Gasteiger partial charge in [-0.05, 0) is 37.0 Å². The minimum absolute atomic E-state index is 0.0375. The highest BCUT2D eigenvalue weighted by Gasteiger charge is 2.64. The van der Waals surface area contributed by atoms with E-state index in [9.17, 15) is 14.4 Å². The van der Waals surface area contributed by atoms with Gasteiger partial charge in [0.05, 0.1) is 21.9 Å². The average Bonchev–Trinajstić information content (AvgIpc) is 3.18. The third-order valence-corrected chi connectivity index (χ3v) is 6.04. The first-order valence-corrected chi connectivity index (χ1v) is 8.81. The summed E-state index contributed by atoms with van der Waals surface area (Å²) in [7, 11) is 0. The van der Waals surface area contributed by atoms with Crippen molar-refractivity contribution in [3.63, 3.8) is 0 Å². The van der Waals surface area contributed by atoms with E-state index in [0.29, 0.717) is 22.2 Å². The third-order valence-electron chi connectivity index (χ3n) is 5.30. The van der Waals surface area contributed by atoms with Crippen LogP contribution in [0.1, 0.15) is 12.8 Å². The van der Waals surface area contributed by atoms with Crippen molar-refractivity contribution in [3.8, 4) is 0 Å². The third kappa shape index (κ3) is 2.87. The van der Waals surface area contributed by atoms with Crippen LogP contribution in [0.2, 0.25) is 10.0 Å². The second-order valence-electron chi connectivity index (χ2n) is 6.71. The number of carbonyl (C=O) groups excluding carboxylic acids is 3. The summed E-state index contributed by atoms with van der Waals surface area (Å²) in [5, 5.41) is 3.27. The van der Waals surface area contributed by atoms with Crippen LogP contribution in [0.5, 0.6) is 0 Å². The molecule has 1 aromatic rings. The first-order chi connectivity index (χ1) is 11.9. The fraction of sp³-hybridized carbons (Fsp3) is 0.471. The van der Waals surface area contributed by atoms with E-state index in [1.807, 2.05) is 0 Å². The zero-order valence-electron chi connectivity index (χ0n) is 13.0. The molecule has 132 valence electrons. The maximum Gasteiger partial charge on any atom is 0.310 e. The zero-order valence-corrected chi connectivity index (χ0v) is 14.5. The minimum atomic E-state index is -0.501. The van der Waals surface area contributed by atoms with E-state index < -0.39 is 30.3 Å². The van der Waals surface area contributed by atoms with Crippen molar-refractivity contribution in [3.05, 3.63) is 28.2 Å². The summed E-state index contributed by atoms with van der Waals surface area (Å²) < 4.78 is 10.4. The van der Waals surface area contributed by atoms with E-state index >= 15 is 0 Å². The Morgan fingerprint density at radius 1 is 1.24 bits per heavy atom. The topological polar surface area (TPSA) is 81.7 Å². The summed E-state index contributed by atoms with van der Waals surface area (Å²) >= 11 is 11.7. The van der Waals surface area contributed by atoms with E-state index in [1.54, 1.807) is 12.1 Å². The lowest BCUT2D eigenvalue weighted by Crippen LogP contribution is -2.34. The van der Waals surface area contributed by atoms with Crippen molar-refractivity contribution in [2.75, 3.05) is 11.9 Å². The minimum Gasteiger partial charge on any atom is -0.462 e.